The fourth-order valence-corrected chi connectivity index (χ4v) is 0.728. The highest BCUT2D eigenvalue weighted by molar-refractivity contribution is 5.72. The predicted molar refractivity (Wildman–Crippen MR) is 62.4 cm³/mol. The lowest BCUT2D eigenvalue weighted by atomic mass is 10.4. The van der Waals surface area contributed by atoms with Gasteiger partial charge in [-0.25, -0.2) is 4.99 Å². The molecule has 0 heterocycles. The summed E-state index contributed by atoms with van der Waals surface area (Å²) in [4.78, 5) is 4.18. The van der Waals surface area contributed by atoms with E-state index in [2.05, 4.69) is 22.1 Å². The minimum Gasteiger partial charge on any atom is -0.373 e. The van der Waals surface area contributed by atoms with Gasteiger partial charge in [-0.1, -0.05) is 0 Å². The number of allylic oxidation sites excluding steroid dienone is 3. The van der Waals surface area contributed by atoms with Crippen molar-refractivity contribution in [1.82, 2.24) is 10.3 Å². The standard InChI is InChI=1S/C10H18N4/c1-6-10(11-3)13-8-7-9(2)14(5)12-4/h6-8,11H,4H2,1-3,5H3/b9-7+,10-6+,13-8-. The van der Waals surface area contributed by atoms with Gasteiger partial charge in [-0.3, -0.25) is 5.01 Å². The molecule has 4 heteroatoms. The fraction of sp³-hybridized carbons (Fsp3) is 0.400. The highest BCUT2D eigenvalue weighted by Gasteiger charge is 1.91. The van der Waals surface area contributed by atoms with Crippen LogP contribution in [0.15, 0.2) is 33.8 Å². The maximum Gasteiger partial charge on any atom is 0.121 e. The van der Waals surface area contributed by atoms with E-state index < -0.39 is 0 Å². The average Bonchev–Trinajstić information content (AvgIpc) is 2.22. The molecule has 0 aromatic heterocycles. The summed E-state index contributed by atoms with van der Waals surface area (Å²) in [6.07, 6.45) is 5.49. The summed E-state index contributed by atoms with van der Waals surface area (Å²) < 4.78 is 0. The first-order chi connectivity index (χ1) is 6.65. The summed E-state index contributed by atoms with van der Waals surface area (Å²) >= 11 is 0. The van der Waals surface area contributed by atoms with Crippen LogP contribution >= 0.6 is 0 Å². The zero-order chi connectivity index (χ0) is 11.0. The first kappa shape index (κ1) is 12.4. The smallest absolute Gasteiger partial charge is 0.121 e. The Bertz CT molecular complexity index is 263. The second-order valence-electron chi connectivity index (χ2n) is 2.68. The van der Waals surface area contributed by atoms with Gasteiger partial charge in [0.1, 0.15) is 5.82 Å². The van der Waals surface area contributed by atoms with Gasteiger partial charge in [-0.2, -0.15) is 5.10 Å². The minimum atomic E-state index is 0.836. The first-order valence-electron chi connectivity index (χ1n) is 4.41. The van der Waals surface area contributed by atoms with Gasteiger partial charge in [-0.15, -0.1) is 0 Å². The third kappa shape index (κ3) is 4.45. The highest BCUT2D eigenvalue weighted by Crippen LogP contribution is 1.98. The lowest BCUT2D eigenvalue weighted by molar-refractivity contribution is 0.452. The Morgan fingerprint density at radius 2 is 2.14 bits per heavy atom. The summed E-state index contributed by atoms with van der Waals surface area (Å²) in [6.45, 7) is 7.29. The molecule has 0 aromatic rings. The molecule has 0 fully saturated rings. The van der Waals surface area contributed by atoms with Crippen molar-refractivity contribution in [1.29, 1.82) is 0 Å². The van der Waals surface area contributed by atoms with Crippen molar-refractivity contribution < 1.29 is 0 Å². The zero-order valence-corrected chi connectivity index (χ0v) is 9.28. The monoisotopic (exact) mass is 194 g/mol. The van der Waals surface area contributed by atoms with Crippen LogP contribution < -0.4 is 5.32 Å². The Hall–Kier alpha value is -1.58. The second kappa shape index (κ2) is 6.88. The summed E-state index contributed by atoms with van der Waals surface area (Å²) in [6, 6.07) is 0. The van der Waals surface area contributed by atoms with Crippen LogP contribution in [0, 0.1) is 0 Å². The van der Waals surface area contributed by atoms with E-state index in [-0.39, 0.29) is 0 Å². The molecule has 0 rings (SSSR count). The molecular weight excluding hydrogens is 176 g/mol. The average molecular weight is 194 g/mol. The zero-order valence-electron chi connectivity index (χ0n) is 9.28. The number of aliphatic imine (C=N–C) groups is 1. The van der Waals surface area contributed by atoms with Crippen LogP contribution in [0.25, 0.3) is 0 Å². The van der Waals surface area contributed by atoms with Crippen molar-refractivity contribution >= 4 is 12.9 Å². The van der Waals surface area contributed by atoms with Crippen molar-refractivity contribution in [2.45, 2.75) is 13.8 Å². The minimum absolute atomic E-state index is 0.836. The summed E-state index contributed by atoms with van der Waals surface area (Å²) in [7, 11) is 3.67. The molecule has 1 N–H and O–H groups in total. The molecule has 0 saturated carbocycles. The van der Waals surface area contributed by atoms with Gasteiger partial charge in [0.05, 0.1) is 0 Å². The number of hydrazone groups is 1. The van der Waals surface area contributed by atoms with Gasteiger partial charge in [0.2, 0.25) is 0 Å². The molecule has 14 heavy (non-hydrogen) atoms. The van der Waals surface area contributed by atoms with Crippen LogP contribution in [0.5, 0.6) is 0 Å². The maximum atomic E-state index is 4.18. The number of nitrogens with one attached hydrogen (secondary N) is 1. The normalized spacial score (nSPS) is 13.1. The molecule has 0 aromatic carbocycles. The van der Waals surface area contributed by atoms with E-state index in [0.717, 1.165) is 11.5 Å². The van der Waals surface area contributed by atoms with Crippen LogP contribution in [0.1, 0.15) is 13.8 Å². The Labute approximate surface area is 85.7 Å². The molecule has 0 saturated heterocycles. The number of rotatable bonds is 5. The molecular formula is C10H18N4. The molecule has 0 bridgehead atoms. The SMILES string of the molecule is C=NN(C)/C(C)=C/C=N\C(=C\C)NC. The van der Waals surface area contributed by atoms with Crippen molar-refractivity contribution in [2.75, 3.05) is 14.1 Å². The Morgan fingerprint density at radius 1 is 1.50 bits per heavy atom. The van der Waals surface area contributed by atoms with Gasteiger partial charge in [0.15, 0.2) is 0 Å². The Morgan fingerprint density at radius 3 is 2.57 bits per heavy atom. The highest BCUT2D eigenvalue weighted by atomic mass is 15.4. The van der Waals surface area contributed by atoms with Crippen molar-refractivity contribution in [3.05, 3.63) is 23.7 Å². The number of nitrogens with zero attached hydrogens (tertiary/aromatic N) is 3. The van der Waals surface area contributed by atoms with Gasteiger partial charge < -0.3 is 5.32 Å². The molecule has 0 amide bonds. The molecule has 0 spiro atoms. The second-order valence-corrected chi connectivity index (χ2v) is 2.68. The van der Waals surface area contributed by atoms with E-state index in [1.54, 1.807) is 11.2 Å². The molecule has 0 aliphatic rings. The number of hydrogen-bond acceptors (Lipinski definition) is 4. The molecule has 0 atom stereocenters. The van der Waals surface area contributed by atoms with Gasteiger partial charge in [0.25, 0.3) is 0 Å². The van der Waals surface area contributed by atoms with E-state index in [0.29, 0.717) is 0 Å². The summed E-state index contributed by atoms with van der Waals surface area (Å²) in [5.41, 5.74) is 0.982. The lowest BCUT2D eigenvalue weighted by Crippen LogP contribution is -2.07. The van der Waals surface area contributed by atoms with Crippen LogP contribution in [0.2, 0.25) is 0 Å². The van der Waals surface area contributed by atoms with Gasteiger partial charge in [-0.05, 0) is 26.0 Å². The van der Waals surface area contributed by atoms with E-state index >= 15 is 0 Å². The first-order valence-corrected chi connectivity index (χ1v) is 4.41. The van der Waals surface area contributed by atoms with Crippen molar-refractivity contribution in [3.63, 3.8) is 0 Å². The van der Waals surface area contributed by atoms with E-state index in [1.807, 2.05) is 40.1 Å². The molecule has 4 nitrogen and oxygen atoms in total. The molecule has 0 aliphatic carbocycles. The van der Waals surface area contributed by atoms with Crippen molar-refractivity contribution in [3.8, 4) is 0 Å². The third-order valence-electron chi connectivity index (χ3n) is 1.78. The predicted octanol–water partition coefficient (Wildman–Crippen LogP) is 1.59. The van der Waals surface area contributed by atoms with Crippen molar-refractivity contribution in [2.24, 2.45) is 10.1 Å². The molecule has 0 radical (unpaired) electrons. The molecule has 0 unspecified atom stereocenters. The maximum absolute atomic E-state index is 4.18. The van der Waals surface area contributed by atoms with Crippen LogP contribution in [-0.4, -0.2) is 32.0 Å². The molecule has 0 aliphatic heterocycles. The summed E-state index contributed by atoms with van der Waals surface area (Å²) in [5, 5.41) is 8.38. The quantitative estimate of drug-likeness (QED) is 0.533. The van der Waals surface area contributed by atoms with Gasteiger partial charge >= 0.3 is 0 Å². The lowest BCUT2D eigenvalue weighted by Gasteiger charge is -2.10. The third-order valence-corrected chi connectivity index (χ3v) is 1.78. The van der Waals surface area contributed by atoms with E-state index in [4.69, 9.17) is 0 Å². The summed E-state index contributed by atoms with van der Waals surface area (Å²) in [5.74, 6) is 0.836. The van der Waals surface area contributed by atoms with Gasteiger partial charge in [0, 0.05) is 32.7 Å². The fourth-order valence-electron chi connectivity index (χ4n) is 0.728. The Balaban J connectivity index is 4.34. The number of hydrogen-bond donors (Lipinski definition) is 1. The van der Waals surface area contributed by atoms with E-state index in [1.165, 1.54) is 0 Å². The van der Waals surface area contributed by atoms with E-state index in [9.17, 15) is 0 Å². The van der Waals surface area contributed by atoms with Crippen LogP contribution in [-0.2, 0) is 0 Å². The van der Waals surface area contributed by atoms with Crippen LogP contribution in [0.3, 0.4) is 0 Å². The topological polar surface area (TPSA) is 40.0 Å². The largest absolute Gasteiger partial charge is 0.373 e. The molecule has 78 valence electrons. The van der Waals surface area contributed by atoms with Crippen LogP contribution in [0.4, 0.5) is 0 Å². The Kier molecular flexibility index (Phi) is 6.11.